The van der Waals surface area contributed by atoms with E-state index in [9.17, 15) is 0 Å². The predicted molar refractivity (Wildman–Crippen MR) is 236 cm³/mol. The molecule has 0 radical (unpaired) electrons. The molecule has 4 heterocycles. The highest BCUT2D eigenvalue weighted by molar-refractivity contribution is 5.44. The van der Waals surface area contributed by atoms with Crippen molar-refractivity contribution >= 4 is 17.8 Å². The van der Waals surface area contributed by atoms with Gasteiger partial charge in [0.15, 0.2) is 0 Å². The minimum absolute atomic E-state index is 0.117. The van der Waals surface area contributed by atoms with Gasteiger partial charge in [-0.15, -0.1) is 0 Å². The fraction of sp³-hybridized carbons (Fsp3) is 0.933. The monoisotopic (exact) mass is 802 g/mol. The van der Waals surface area contributed by atoms with Gasteiger partial charge >= 0.3 is 0 Å². The van der Waals surface area contributed by atoms with Crippen molar-refractivity contribution in [2.45, 2.75) is 232 Å². The fourth-order valence-electron chi connectivity index (χ4n) is 12.6. The van der Waals surface area contributed by atoms with Crippen molar-refractivity contribution in [2.24, 2.45) is 17.8 Å². The highest BCUT2D eigenvalue weighted by Crippen LogP contribution is 2.46. The molecule has 3 fully saturated rings. The van der Waals surface area contributed by atoms with Gasteiger partial charge in [0.25, 0.3) is 0 Å². The zero-order valence-electron chi connectivity index (χ0n) is 39.9. The predicted octanol–water partition coefficient (Wildman–Crippen LogP) is 10.1. The molecule has 0 amide bonds. The number of nitrogens with zero attached hydrogens (tertiary/aromatic N) is 6. The summed E-state index contributed by atoms with van der Waals surface area (Å²) in [6, 6.07) is 0.607. The second-order valence-corrected chi connectivity index (χ2v) is 21.7. The van der Waals surface area contributed by atoms with Gasteiger partial charge < -0.3 is 30.5 Å². The van der Waals surface area contributed by atoms with Crippen LogP contribution in [0.2, 0.25) is 0 Å². The van der Waals surface area contributed by atoms with E-state index in [1.54, 1.807) is 0 Å². The van der Waals surface area contributed by atoms with Crippen LogP contribution in [0.4, 0.5) is 17.8 Å². The molecule has 0 aromatic carbocycles. The highest BCUT2D eigenvalue weighted by atomic mass is 16.7. The number of hydrogen-bond donors (Lipinski definition) is 3. The number of piperidine rings is 3. The average Bonchev–Trinajstić information content (AvgIpc) is 3.05. The Morgan fingerprint density at radius 3 is 0.789 bits per heavy atom. The Balaban J connectivity index is 1.75. The molecule has 12 nitrogen and oxygen atoms in total. The second kappa shape index (κ2) is 18.4. The van der Waals surface area contributed by atoms with E-state index in [0.29, 0.717) is 35.6 Å². The van der Waals surface area contributed by atoms with Crippen LogP contribution in [0.5, 0.6) is 0 Å². The summed E-state index contributed by atoms with van der Waals surface area (Å²) in [7, 11) is 5.43. The minimum Gasteiger partial charge on any atom is -0.351 e. The summed E-state index contributed by atoms with van der Waals surface area (Å²) in [5, 5.41) is 18.4. The number of rotatable bonds is 18. The van der Waals surface area contributed by atoms with Crippen molar-refractivity contribution in [3.8, 4) is 0 Å². The molecule has 3 atom stereocenters. The van der Waals surface area contributed by atoms with Crippen LogP contribution in [0.3, 0.4) is 0 Å². The third-order valence-electron chi connectivity index (χ3n) is 13.5. The lowest BCUT2D eigenvalue weighted by Gasteiger charge is -2.54. The number of hydrogen-bond acceptors (Lipinski definition) is 12. The molecule has 57 heavy (non-hydrogen) atoms. The van der Waals surface area contributed by atoms with Gasteiger partial charge in [0.1, 0.15) is 0 Å². The SMILES string of the molecule is CCCC(Nc1nc(NC(CCC)C2CC(C)(C)N(OC)C(C)(C)C2)nc(NC(CCC)C2CC(C)(C)N(OC)C(C)(C)C2)n1)C1CC(C)(C)N(OC)C(C)(C)C1. The molecule has 330 valence electrons. The molecule has 12 heteroatoms. The van der Waals surface area contributed by atoms with Crippen molar-refractivity contribution in [2.75, 3.05) is 37.3 Å². The normalized spacial score (nSPS) is 25.8. The van der Waals surface area contributed by atoms with Gasteiger partial charge in [-0.25, -0.2) is 0 Å². The van der Waals surface area contributed by atoms with E-state index in [1.807, 2.05) is 21.3 Å². The third kappa shape index (κ3) is 11.1. The Kier molecular flexibility index (Phi) is 15.5. The second-order valence-electron chi connectivity index (χ2n) is 21.7. The first-order chi connectivity index (χ1) is 26.4. The first-order valence-corrected chi connectivity index (χ1v) is 22.5. The first kappa shape index (κ1) is 47.8. The fourth-order valence-corrected chi connectivity index (χ4v) is 12.6. The van der Waals surface area contributed by atoms with Gasteiger partial charge in [-0.3, -0.25) is 0 Å². The molecule has 3 saturated heterocycles. The molecule has 3 unspecified atom stereocenters. The molecule has 3 aliphatic rings. The maximum absolute atomic E-state index is 5.99. The van der Waals surface area contributed by atoms with E-state index in [4.69, 9.17) is 29.5 Å². The molecule has 1 aromatic rings. The molecule has 3 N–H and O–H groups in total. The van der Waals surface area contributed by atoms with E-state index in [0.717, 1.165) is 77.0 Å². The Morgan fingerprint density at radius 2 is 0.632 bits per heavy atom. The van der Waals surface area contributed by atoms with Gasteiger partial charge in [0.05, 0.1) is 21.3 Å². The maximum atomic E-state index is 5.99. The van der Waals surface area contributed by atoms with E-state index in [2.05, 4.69) is 135 Å². The summed E-state index contributed by atoms with van der Waals surface area (Å²) in [4.78, 5) is 33.7. The van der Waals surface area contributed by atoms with Crippen LogP contribution >= 0.6 is 0 Å². The van der Waals surface area contributed by atoms with Gasteiger partial charge in [0, 0.05) is 51.4 Å². The molecule has 0 saturated carbocycles. The quantitative estimate of drug-likeness (QED) is 0.131. The lowest BCUT2D eigenvalue weighted by molar-refractivity contribution is -0.272. The van der Waals surface area contributed by atoms with Crippen LogP contribution in [0.25, 0.3) is 0 Å². The molecule has 0 bridgehead atoms. The summed E-state index contributed by atoms with van der Waals surface area (Å²) in [6.45, 7) is 34.5. The van der Waals surface area contributed by atoms with Crippen molar-refractivity contribution in [3.05, 3.63) is 0 Å². The Bertz CT molecular complexity index is 1200. The Morgan fingerprint density at radius 1 is 0.439 bits per heavy atom. The third-order valence-corrected chi connectivity index (χ3v) is 13.5. The summed E-state index contributed by atoms with van der Waals surface area (Å²) in [6.07, 6.45) is 12.4. The van der Waals surface area contributed by atoms with Gasteiger partial charge in [-0.2, -0.15) is 30.1 Å². The lowest BCUT2D eigenvalue weighted by Crippen LogP contribution is -2.61. The van der Waals surface area contributed by atoms with Gasteiger partial charge in [-0.1, -0.05) is 40.0 Å². The molecule has 1 aromatic heterocycles. The number of aromatic nitrogens is 3. The van der Waals surface area contributed by atoms with E-state index >= 15 is 0 Å². The summed E-state index contributed by atoms with van der Waals surface area (Å²) in [5.41, 5.74) is -0.702. The highest BCUT2D eigenvalue weighted by Gasteiger charge is 2.50. The standard InChI is InChI=1S/C45H87N9O3/c1-19-22-34(31-25-40(4,5)52(55-16)41(6,7)26-31)46-37-49-38(47-35(23-20-2)32-27-42(8,9)53(56-17)43(10,11)28-32)51-39(50-37)48-36(24-21-3)33-29-44(12,13)54(57-18)45(14,15)30-33/h31-36H,19-30H2,1-18H3,(H3,46,47,48,49,50,51). The van der Waals surface area contributed by atoms with Crippen molar-refractivity contribution in [3.63, 3.8) is 0 Å². The van der Waals surface area contributed by atoms with Crippen LogP contribution in [0.1, 0.15) is 181 Å². The molecule has 4 rings (SSSR count). The topological polar surface area (TPSA) is 112 Å². The first-order valence-electron chi connectivity index (χ1n) is 22.5. The number of hydroxylamine groups is 6. The van der Waals surface area contributed by atoms with Gasteiger partial charge in [-0.05, 0) is 159 Å². The van der Waals surface area contributed by atoms with Crippen LogP contribution in [0, 0.1) is 17.8 Å². The maximum Gasteiger partial charge on any atom is 0.229 e. The minimum atomic E-state index is -0.117. The van der Waals surface area contributed by atoms with Crippen molar-refractivity contribution in [1.29, 1.82) is 0 Å². The van der Waals surface area contributed by atoms with Crippen LogP contribution < -0.4 is 16.0 Å². The molecular weight excluding hydrogens is 715 g/mol. The average molecular weight is 802 g/mol. The molecule has 3 aliphatic heterocycles. The zero-order chi connectivity index (χ0) is 42.8. The van der Waals surface area contributed by atoms with E-state index in [-0.39, 0.29) is 51.4 Å². The summed E-state index contributed by atoms with van der Waals surface area (Å²) >= 11 is 0. The Labute approximate surface area is 349 Å². The molecule has 0 spiro atoms. The lowest BCUT2D eigenvalue weighted by atomic mass is 9.71. The largest absolute Gasteiger partial charge is 0.351 e. The van der Waals surface area contributed by atoms with Crippen LogP contribution in [-0.2, 0) is 14.5 Å². The molecular formula is C45H87N9O3. The smallest absolute Gasteiger partial charge is 0.229 e. The number of nitrogens with one attached hydrogen (secondary N) is 3. The van der Waals surface area contributed by atoms with E-state index in [1.165, 1.54) is 0 Å². The molecule has 0 aliphatic carbocycles. The zero-order valence-corrected chi connectivity index (χ0v) is 39.9. The summed E-state index contributed by atoms with van der Waals surface area (Å²) < 4.78 is 0. The van der Waals surface area contributed by atoms with Gasteiger partial charge in [0.2, 0.25) is 17.8 Å². The van der Waals surface area contributed by atoms with Crippen LogP contribution in [0.15, 0.2) is 0 Å². The summed E-state index contributed by atoms with van der Waals surface area (Å²) in [5.74, 6) is 3.18. The van der Waals surface area contributed by atoms with E-state index < -0.39 is 0 Å². The van der Waals surface area contributed by atoms with Crippen LogP contribution in [-0.4, -0.2) is 103 Å². The Hall–Kier alpha value is -1.83. The number of anilines is 3. The van der Waals surface area contributed by atoms with Crippen molar-refractivity contribution in [1.82, 2.24) is 30.1 Å². The van der Waals surface area contributed by atoms with Crippen molar-refractivity contribution < 1.29 is 14.5 Å².